The van der Waals surface area contributed by atoms with Crippen LogP contribution in [-0.4, -0.2) is 71.1 Å². The van der Waals surface area contributed by atoms with E-state index in [9.17, 15) is 9.59 Å². The maximum atomic E-state index is 12.9. The summed E-state index contributed by atoms with van der Waals surface area (Å²) < 4.78 is 14.4. The molecule has 1 aliphatic carbocycles. The molecule has 3 aromatic rings. The number of pyridine rings is 1. The monoisotopic (exact) mass is 691 g/mol. The fraction of sp³-hybridized carbons (Fsp3) is 0.400. The van der Waals surface area contributed by atoms with E-state index in [0.29, 0.717) is 5.02 Å². The summed E-state index contributed by atoms with van der Waals surface area (Å²) in [5, 5.41) is 3.76. The Hall–Kier alpha value is -2.80. The van der Waals surface area contributed by atoms with E-state index in [0.717, 1.165) is 55.6 Å². The molecular formula is C30H35ClIN5O4. The second-order valence-electron chi connectivity index (χ2n) is 10.3. The zero-order chi connectivity index (χ0) is 29.1. The third kappa shape index (κ3) is 6.50. The van der Waals surface area contributed by atoms with E-state index in [2.05, 4.69) is 33.4 Å². The fourth-order valence-electron chi connectivity index (χ4n) is 5.38. The van der Waals surface area contributed by atoms with Gasteiger partial charge in [-0.2, -0.15) is 0 Å². The van der Waals surface area contributed by atoms with E-state index in [1.165, 1.54) is 7.11 Å². The van der Waals surface area contributed by atoms with Gasteiger partial charge in [0.2, 0.25) is 0 Å². The number of aryl methyl sites for hydroxylation is 1. The number of amides is 1. The molecule has 2 aromatic heterocycles. The molecule has 3 heterocycles. The summed E-state index contributed by atoms with van der Waals surface area (Å²) in [4.78, 5) is 37.3. The van der Waals surface area contributed by atoms with Gasteiger partial charge in [-0.3, -0.25) is 0 Å². The topological polar surface area (TPSA) is 98.6 Å². The van der Waals surface area contributed by atoms with Gasteiger partial charge in [0.05, 0.1) is 0 Å². The quantitative estimate of drug-likeness (QED) is 0.195. The van der Waals surface area contributed by atoms with Crippen molar-refractivity contribution in [3.63, 3.8) is 0 Å². The Labute approximate surface area is 252 Å². The molecule has 218 valence electrons. The van der Waals surface area contributed by atoms with Gasteiger partial charge in [-0.25, -0.2) is 0 Å². The summed E-state index contributed by atoms with van der Waals surface area (Å²) in [7, 11) is 3.41. The molecule has 1 N–H and O–H groups in total. The third-order valence-electron chi connectivity index (χ3n) is 7.22. The Morgan fingerprint density at radius 1 is 1.22 bits per heavy atom. The number of benzene rings is 1. The molecule has 0 unspecified atom stereocenters. The molecule has 1 aliphatic heterocycles. The Balaban J connectivity index is 1.59. The fourth-order valence-corrected chi connectivity index (χ4v) is 10.2. The van der Waals surface area contributed by atoms with Crippen LogP contribution in [0, 0.1) is 0 Å². The number of imidazole rings is 1. The Morgan fingerprint density at radius 3 is 2.68 bits per heavy atom. The van der Waals surface area contributed by atoms with Crippen molar-refractivity contribution in [1.29, 1.82) is 0 Å². The molecule has 11 heteroatoms. The van der Waals surface area contributed by atoms with Crippen molar-refractivity contribution in [3.05, 3.63) is 82.2 Å². The van der Waals surface area contributed by atoms with Gasteiger partial charge in [0.25, 0.3) is 0 Å². The number of fused-ring (bicyclic) bond motifs is 2. The maximum absolute atomic E-state index is 12.9. The number of rotatable bonds is 8. The molecule has 5 rings (SSSR count). The van der Waals surface area contributed by atoms with Gasteiger partial charge < -0.3 is 0 Å². The van der Waals surface area contributed by atoms with Gasteiger partial charge in [-0.05, 0) is 0 Å². The second kappa shape index (κ2) is 13.0. The van der Waals surface area contributed by atoms with Gasteiger partial charge in [0, 0.05) is 7.11 Å². The Morgan fingerprint density at radius 2 is 2.00 bits per heavy atom. The Kier molecular flexibility index (Phi) is 9.42. The van der Waals surface area contributed by atoms with Gasteiger partial charge in [-0.15, -0.1) is 0 Å². The van der Waals surface area contributed by atoms with Crippen LogP contribution in [0.15, 0.2) is 49.1 Å². The molecule has 1 amide bonds. The number of nitrogens with one attached hydrogen (secondary N) is 1. The van der Waals surface area contributed by atoms with Crippen LogP contribution in [0.2, 0.25) is 5.02 Å². The number of carbonyl (C=O) groups is 2. The van der Waals surface area contributed by atoms with Crippen molar-refractivity contribution in [1.82, 2.24) is 24.8 Å². The first-order valence-electron chi connectivity index (χ1n) is 13.5. The van der Waals surface area contributed by atoms with E-state index < -0.39 is 25.9 Å². The van der Waals surface area contributed by atoms with Crippen LogP contribution in [-0.2, 0) is 21.3 Å². The SMILES string of the molecule is COCC(=O)N[C@H](C1=Cc2cccnc2[C@@H](N2CCI(C(=O)OC(C)C)CC2)c2ccc(Cl)cc21)c1cncn1C. The standard InChI is InChI=1S/C30H35ClIN5O4/c1-19(2)41-30(39)32-9-12-37(13-10-32)29-22-8-7-21(31)15-23(22)24(14-20-6-5-11-34-27(20)29)28(35-26(38)17-40-4)25-16-33-18-36(25)3/h5-8,11,14-16,18-19,28-29H,9-10,12-13,17H2,1-4H3,(H,35,38)/t28-,29+/m1/s1. The van der Waals surface area contributed by atoms with Crippen LogP contribution in [0.5, 0.6) is 0 Å². The van der Waals surface area contributed by atoms with Crippen molar-refractivity contribution in [2.75, 3.05) is 35.7 Å². The molecule has 0 radical (unpaired) electrons. The van der Waals surface area contributed by atoms with Crippen molar-refractivity contribution >= 4 is 53.0 Å². The van der Waals surface area contributed by atoms with Crippen LogP contribution in [0.25, 0.3) is 11.6 Å². The van der Waals surface area contributed by atoms with Gasteiger partial charge in [-0.1, -0.05) is 0 Å². The van der Waals surface area contributed by atoms with Crippen LogP contribution in [0.4, 0.5) is 4.79 Å². The van der Waals surface area contributed by atoms with Gasteiger partial charge in [0.1, 0.15) is 0 Å². The summed E-state index contributed by atoms with van der Waals surface area (Å²) in [6.45, 7) is 5.31. The number of ether oxygens (including phenoxy) is 2. The molecular weight excluding hydrogens is 657 g/mol. The predicted octanol–water partition coefficient (Wildman–Crippen LogP) is 5.28. The van der Waals surface area contributed by atoms with E-state index >= 15 is 0 Å². The molecule has 41 heavy (non-hydrogen) atoms. The first kappa shape index (κ1) is 29.7. The zero-order valence-corrected chi connectivity index (χ0v) is 26.6. The molecule has 2 aliphatic rings. The first-order valence-corrected chi connectivity index (χ1v) is 18.0. The summed E-state index contributed by atoms with van der Waals surface area (Å²) in [5.74, 6) is -0.240. The van der Waals surface area contributed by atoms with Crippen molar-refractivity contribution in [2.24, 2.45) is 7.05 Å². The van der Waals surface area contributed by atoms with E-state index in [-0.39, 0.29) is 28.6 Å². The molecule has 1 saturated heterocycles. The molecule has 0 bridgehead atoms. The molecule has 9 nitrogen and oxygen atoms in total. The van der Waals surface area contributed by atoms with Gasteiger partial charge >= 0.3 is 247 Å². The number of methoxy groups -OCH3 is 1. The number of alkyl halides is 2. The number of aromatic nitrogens is 3. The first-order chi connectivity index (χ1) is 19.8. The predicted molar refractivity (Wildman–Crippen MR) is 168 cm³/mol. The third-order valence-corrected chi connectivity index (χ3v) is 12.5. The number of nitrogens with zero attached hydrogens (tertiary/aromatic N) is 4. The van der Waals surface area contributed by atoms with Crippen molar-refractivity contribution < 1.29 is 19.1 Å². The summed E-state index contributed by atoms with van der Waals surface area (Å²) in [6, 6.07) is 9.27. The summed E-state index contributed by atoms with van der Waals surface area (Å²) >= 11 is 4.75. The normalized spacial score (nSPS) is 18.6. The van der Waals surface area contributed by atoms with E-state index in [1.54, 1.807) is 12.5 Å². The summed E-state index contributed by atoms with van der Waals surface area (Å²) in [6.07, 6.45) is 7.32. The van der Waals surface area contributed by atoms with Crippen LogP contribution in [0.1, 0.15) is 54.0 Å². The van der Waals surface area contributed by atoms with Gasteiger partial charge in [0.15, 0.2) is 0 Å². The minimum absolute atomic E-state index is 0.0326. The number of halogens is 2. The molecule has 2 atom stereocenters. The van der Waals surface area contributed by atoms with Crippen LogP contribution in [0.3, 0.4) is 0 Å². The molecule has 0 saturated carbocycles. The van der Waals surface area contributed by atoms with Crippen LogP contribution < -0.4 is 5.32 Å². The second-order valence-corrected chi connectivity index (χ2v) is 16.4. The van der Waals surface area contributed by atoms with E-state index in [4.69, 9.17) is 26.1 Å². The Bertz CT molecular complexity index is 1450. The van der Waals surface area contributed by atoms with E-state index in [1.807, 2.05) is 49.9 Å². The summed E-state index contributed by atoms with van der Waals surface area (Å²) in [5.41, 5.74) is 5.60. The number of hydrogen-bond acceptors (Lipinski definition) is 7. The zero-order valence-electron chi connectivity index (χ0n) is 23.6. The average Bonchev–Trinajstić information content (AvgIpc) is 3.31. The number of hydrogen-bond donors (Lipinski definition) is 1. The molecule has 1 aromatic carbocycles. The van der Waals surface area contributed by atoms with Crippen LogP contribution >= 0.6 is 31.4 Å². The van der Waals surface area contributed by atoms with Crippen molar-refractivity contribution in [2.45, 2.75) is 32.0 Å². The molecule has 1 fully saturated rings. The molecule has 0 spiro atoms. The number of carbonyl (C=O) groups excluding carboxylic acids is 2. The van der Waals surface area contributed by atoms with Crippen molar-refractivity contribution in [3.8, 4) is 0 Å². The minimum atomic E-state index is -1.88. The average molecular weight is 692 g/mol.